The highest BCUT2D eigenvalue weighted by molar-refractivity contribution is 7.85. The van der Waals surface area contributed by atoms with Gasteiger partial charge in [0.15, 0.2) is 24.6 Å². The largest absolute Gasteiger partial charge is 0.463 e. The van der Waals surface area contributed by atoms with Gasteiger partial charge in [-0.15, -0.1) is 0 Å². The predicted octanol–water partition coefficient (Wildman–Crippen LogP) is -0.520. The van der Waals surface area contributed by atoms with Crippen molar-refractivity contribution in [3.8, 4) is 0 Å². The van der Waals surface area contributed by atoms with Crippen LogP contribution in [0.2, 0.25) is 0 Å². The van der Waals surface area contributed by atoms with E-state index in [-0.39, 0.29) is 32.6 Å². The highest BCUT2D eigenvalue weighted by atomic mass is 32.2. The quantitative estimate of drug-likeness (QED) is 0.116. The first-order valence-corrected chi connectivity index (χ1v) is 13.1. The minimum Gasteiger partial charge on any atom is -0.463 e. The molecule has 0 spiro atoms. The first-order valence-electron chi connectivity index (χ1n) is 11.5. The molecular formula is C21H33NO15S. The van der Waals surface area contributed by atoms with Gasteiger partial charge < -0.3 is 38.5 Å². The second-order valence-corrected chi connectivity index (χ2v) is 9.57. The molecule has 1 aliphatic rings. The maximum absolute atomic E-state index is 11.8. The summed E-state index contributed by atoms with van der Waals surface area (Å²) in [4.78, 5) is 58.3. The third kappa shape index (κ3) is 13.5. The fraction of sp³-hybridized carbons (Fsp3) is 0.762. The Morgan fingerprint density at radius 1 is 0.789 bits per heavy atom. The highest BCUT2D eigenvalue weighted by Gasteiger charge is 2.52. The lowest BCUT2D eigenvalue weighted by molar-refractivity contribution is -0.308. The molecular weight excluding hydrogens is 538 g/mol. The van der Waals surface area contributed by atoms with Crippen molar-refractivity contribution in [3.05, 3.63) is 0 Å². The lowest BCUT2D eigenvalue weighted by atomic mass is 9.98. The summed E-state index contributed by atoms with van der Waals surface area (Å²) in [5.74, 6) is -3.51. The Hall–Kier alpha value is -3.02. The van der Waals surface area contributed by atoms with Crippen LogP contribution >= 0.6 is 0 Å². The number of hydrogen-bond donors (Lipinski definition) is 2. The number of ether oxygens (including phenoxy) is 7. The molecule has 0 aliphatic carbocycles. The van der Waals surface area contributed by atoms with Crippen LogP contribution < -0.4 is 5.32 Å². The van der Waals surface area contributed by atoms with Gasteiger partial charge in [-0.25, -0.2) is 4.79 Å². The highest BCUT2D eigenvalue weighted by Crippen LogP contribution is 2.30. The minimum absolute atomic E-state index is 0.0139. The Balaban J connectivity index is 2.82. The molecule has 1 amide bonds. The summed E-state index contributed by atoms with van der Waals surface area (Å²) in [5.41, 5.74) is 0. The third-order valence-corrected chi connectivity index (χ3v) is 5.41. The van der Waals surface area contributed by atoms with Gasteiger partial charge >= 0.3 is 30.0 Å². The molecule has 16 nitrogen and oxygen atoms in total. The van der Waals surface area contributed by atoms with Crippen LogP contribution in [-0.2, 0) is 62.5 Å². The van der Waals surface area contributed by atoms with Gasteiger partial charge in [-0.1, -0.05) is 0 Å². The average molecular weight is 572 g/mol. The van der Waals surface area contributed by atoms with Gasteiger partial charge in [0.25, 0.3) is 10.1 Å². The van der Waals surface area contributed by atoms with Crippen LogP contribution in [0.1, 0.15) is 40.5 Å². The van der Waals surface area contributed by atoms with Gasteiger partial charge in [-0.2, -0.15) is 8.42 Å². The molecule has 1 aliphatic heterocycles. The van der Waals surface area contributed by atoms with Crippen molar-refractivity contribution in [2.45, 2.75) is 71.2 Å². The topological polar surface area (TPSA) is 216 Å². The number of rotatable bonds is 14. The number of carbonyl (C=O) groups excluding carboxylic acids is 5. The molecule has 0 bridgehead atoms. The van der Waals surface area contributed by atoms with E-state index in [0.29, 0.717) is 0 Å². The third-order valence-electron chi connectivity index (χ3n) is 4.60. The summed E-state index contributed by atoms with van der Waals surface area (Å²) < 4.78 is 67.0. The van der Waals surface area contributed by atoms with Crippen molar-refractivity contribution in [2.75, 3.05) is 32.1 Å². The molecule has 17 heteroatoms. The zero-order valence-electron chi connectivity index (χ0n) is 21.4. The number of nitrogens with one attached hydrogen (secondary N) is 1. The summed E-state index contributed by atoms with van der Waals surface area (Å²) in [5, 5.41) is 2.31. The molecule has 0 aromatic heterocycles. The van der Waals surface area contributed by atoms with Crippen molar-refractivity contribution in [2.24, 2.45) is 0 Å². The molecule has 1 fully saturated rings. The molecule has 1 unspecified atom stereocenters. The summed E-state index contributed by atoms with van der Waals surface area (Å²) in [7, 11) is -4.13. The number of amides is 1. The SMILES string of the molecule is CC(=O)OC[C@H]1O[C@@H](OCCCOC(=O)NCCCS(=O)(=O)O)C(OC(C)=O)[C@@H](OC(C)=O)[C@@H]1OC(C)=O. The molecule has 1 heterocycles. The van der Waals surface area contributed by atoms with E-state index in [4.69, 9.17) is 37.7 Å². The summed E-state index contributed by atoms with van der Waals surface area (Å²) in [6.45, 7) is 3.75. The van der Waals surface area contributed by atoms with Crippen molar-refractivity contribution in [3.63, 3.8) is 0 Å². The molecule has 0 aromatic carbocycles. The monoisotopic (exact) mass is 571 g/mol. The maximum atomic E-state index is 11.8. The Kier molecular flexibility index (Phi) is 13.9. The lowest BCUT2D eigenvalue weighted by Gasteiger charge is -2.44. The second kappa shape index (κ2) is 16.1. The van der Waals surface area contributed by atoms with Crippen molar-refractivity contribution in [1.82, 2.24) is 5.32 Å². The van der Waals surface area contributed by atoms with Crippen molar-refractivity contribution >= 4 is 40.1 Å². The molecule has 2 N–H and O–H groups in total. The Labute approximate surface area is 219 Å². The van der Waals surface area contributed by atoms with E-state index in [0.717, 1.165) is 27.7 Å². The van der Waals surface area contributed by atoms with E-state index in [1.165, 1.54) is 0 Å². The zero-order valence-corrected chi connectivity index (χ0v) is 22.2. The van der Waals surface area contributed by atoms with E-state index in [1.54, 1.807) is 0 Å². The van der Waals surface area contributed by atoms with Crippen LogP contribution in [-0.4, -0.2) is 106 Å². The molecule has 1 rings (SSSR count). The van der Waals surface area contributed by atoms with Crippen LogP contribution in [0.25, 0.3) is 0 Å². The van der Waals surface area contributed by atoms with Gasteiger partial charge in [0.05, 0.1) is 19.0 Å². The molecule has 0 aromatic rings. The predicted molar refractivity (Wildman–Crippen MR) is 123 cm³/mol. The van der Waals surface area contributed by atoms with Gasteiger partial charge in [-0.05, 0) is 6.42 Å². The molecule has 5 atom stereocenters. The molecule has 1 saturated heterocycles. The van der Waals surface area contributed by atoms with Crippen LogP contribution in [0.5, 0.6) is 0 Å². The first kappa shape index (κ1) is 33.0. The van der Waals surface area contributed by atoms with Gasteiger partial charge in [-0.3, -0.25) is 23.7 Å². The number of esters is 4. The summed E-state index contributed by atoms with van der Waals surface area (Å²) >= 11 is 0. The smallest absolute Gasteiger partial charge is 0.407 e. The second-order valence-electron chi connectivity index (χ2n) is 7.99. The van der Waals surface area contributed by atoms with E-state index in [9.17, 15) is 32.4 Å². The van der Waals surface area contributed by atoms with Crippen LogP contribution in [0, 0.1) is 0 Å². The van der Waals surface area contributed by atoms with Gasteiger partial charge in [0.1, 0.15) is 12.7 Å². The van der Waals surface area contributed by atoms with E-state index in [2.05, 4.69) is 5.32 Å². The molecule has 0 radical (unpaired) electrons. The first-order chi connectivity index (χ1) is 17.7. The standard InChI is InChI=1S/C21H33NO15S/c1-12(23)33-11-16-17(34-13(2)24)18(35-14(3)25)19(36-15(4)26)20(37-16)31-8-6-9-32-21(27)22-7-5-10-38(28,29)30/h16-20H,5-11H2,1-4H3,(H,22,27)(H,28,29,30)/t16-,17-,18+,19?,20-/m1/s1. The number of alkyl carbamates (subject to hydrolysis) is 1. The Morgan fingerprint density at radius 3 is 1.92 bits per heavy atom. The Bertz CT molecular complexity index is 937. The Morgan fingerprint density at radius 2 is 1.37 bits per heavy atom. The van der Waals surface area contributed by atoms with E-state index in [1.807, 2.05) is 0 Å². The summed E-state index contributed by atoms with van der Waals surface area (Å²) in [6, 6.07) is 0. The maximum Gasteiger partial charge on any atom is 0.407 e. The number of carbonyl (C=O) groups is 5. The molecule has 38 heavy (non-hydrogen) atoms. The van der Waals surface area contributed by atoms with Gasteiger partial charge in [0.2, 0.25) is 0 Å². The van der Waals surface area contributed by atoms with Gasteiger partial charge in [0, 0.05) is 40.7 Å². The molecule has 218 valence electrons. The summed E-state index contributed by atoms with van der Waals surface area (Å²) in [6.07, 6.45) is -7.28. The van der Waals surface area contributed by atoms with Crippen molar-refractivity contribution < 1.29 is 70.1 Å². The number of hydrogen-bond acceptors (Lipinski definition) is 14. The minimum atomic E-state index is -4.13. The van der Waals surface area contributed by atoms with Crippen LogP contribution in [0.3, 0.4) is 0 Å². The van der Waals surface area contributed by atoms with Crippen LogP contribution in [0.15, 0.2) is 0 Å². The molecule has 0 saturated carbocycles. The fourth-order valence-corrected chi connectivity index (χ4v) is 3.75. The average Bonchev–Trinajstić information content (AvgIpc) is 2.77. The lowest BCUT2D eigenvalue weighted by Crippen LogP contribution is -2.63. The van der Waals surface area contributed by atoms with E-state index < -0.39 is 83.2 Å². The van der Waals surface area contributed by atoms with Crippen LogP contribution in [0.4, 0.5) is 4.79 Å². The normalized spacial score (nSPS) is 23.0. The van der Waals surface area contributed by atoms with E-state index >= 15 is 0 Å². The zero-order chi connectivity index (χ0) is 28.9. The van der Waals surface area contributed by atoms with Crippen molar-refractivity contribution in [1.29, 1.82) is 0 Å². The fourth-order valence-electron chi connectivity index (χ4n) is 3.24.